The maximum atomic E-state index is 14.2. The van der Waals surface area contributed by atoms with Crippen LogP contribution >= 0.6 is 22.6 Å². The molecule has 1 aliphatic rings. The first-order valence-electron chi connectivity index (χ1n) is 14.8. The van der Waals surface area contributed by atoms with Crippen LogP contribution in [0.5, 0.6) is 11.5 Å². The molecule has 0 spiro atoms. The quantitative estimate of drug-likeness (QED) is 0.0971. The highest BCUT2D eigenvalue weighted by atomic mass is 127. The van der Waals surface area contributed by atoms with Gasteiger partial charge in [-0.1, -0.05) is 44.4 Å². The van der Waals surface area contributed by atoms with Crippen LogP contribution in [0.3, 0.4) is 0 Å². The maximum Gasteiger partial charge on any atom is 0.349 e. The van der Waals surface area contributed by atoms with E-state index < -0.39 is 35.7 Å². The average Bonchev–Trinajstić information content (AvgIpc) is 3.04. The Labute approximate surface area is 274 Å². The van der Waals surface area contributed by atoms with Crippen molar-refractivity contribution in [2.75, 3.05) is 26.8 Å². The van der Waals surface area contributed by atoms with E-state index in [1.165, 1.54) is 30.2 Å². The van der Waals surface area contributed by atoms with Gasteiger partial charge in [0.1, 0.15) is 29.6 Å². The number of fused-ring (bicyclic) bond motifs is 1. The van der Waals surface area contributed by atoms with Crippen LogP contribution in [0, 0.1) is 3.57 Å². The molecule has 1 aromatic heterocycles. The molecule has 4 rings (SSSR count). The molecule has 0 saturated carbocycles. The number of methoxy groups -OCH3 is 1. The van der Waals surface area contributed by atoms with Gasteiger partial charge >= 0.3 is 5.63 Å². The number of rotatable bonds is 14. The third-order valence-corrected chi connectivity index (χ3v) is 8.44. The van der Waals surface area contributed by atoms with Crippen molar-refractivity contribution < 1.29 is 38.5 Å². The second kappa shape index (κ2) is 16.0. The van der Waals surface area contributed by atoms with Gasteiger partial charge in [-0.2, -0.15) is 0 Å². The van der Waals surface area contributed by atoms with Crippen LogP contribution in [0.2, 0.25) is 0 Å². The zero-order valence-electron chi connectivity index (χ0n) is 25.2. The molecule has 0 saturated heterocycles. The van der Waals surface area contributed by atoms with Crippen molar-refractivity contribution >= 4 is 51.7 Å². The lowest BCUT2D eigenvalue weighted by atomic mass is 9.87. The zero-order valence-corrected chi connectivity index (χ0v) is 27.3. The first kappa shape index (κ1) is 34.1. The Kier molecular flexibility index (Phi) is 12.1. The molecular weight excluding hydrogens is 695 g/mol. The highest BCUT2D eigenvalue weighted by molar-refractivity contribution is 14.1. The van der Waals surface area contributed by atoms with Crippen LogP contribution in [0.4, 0.5) is 0 Å². The Hall–Kier alpha value is -3.75. The molecule has 0 aliphatic heterocycles. The van der Waals surface area contributed by atoms with Crippen molar-refractivity contribution in [3.8, 4) is 11.5 Å². The minimum Gasteiger partial charge on any atom is -0.493 e. The summed E-state index contributed by atoms with van der Waals surface area (Å²) in [5.74, 6) is -0.625. The van der Waals surface area contributed by atoms with Crippen LogP contribution in [0.25, 0.3) is 11.0 Å². The van der Waals surface area contributed by atoms with Gasteiger partial charge in [-0.05, 0) is 59.4 Å². The van der Waals surface area contributed by atoms with Gasteiger partial charge in [-0.15, -0.1) is 0 Å². The summed E-state index contributed by atoms with van der Waals surface area (Å²) in [6.45, 7) is 2.00. The number of amides is 2. The number of hydrogen-bond acceptors (Lipinski definition) is 9. The molecule has 3 atom stereocenters. The predicted octanol–water partition coefficient (Wildman–Crippen LogP) is 3.86. The van der Waals surface area contributed by atoms with E-state index in [1.54, 1.807) is 30.3 Å². The van der Waals surface area contributed by atoms with Gasteiger partial charge in [0.2, 0.25) is 5.91 Å². The number of ether oxygens (including phenoxy) is 2. The van der Waals surface area contributed by atoms with Gasteiger partial charge in [0.15, 0.2) is 11.5 Å². The number of benzene rings is 2. The summed E-state index contributed by atoms with van der Waals surface area (Å²) in [5.41, 5.74) is -0.0474. The van der Waals surface area contributed by atoms with Crippen molar-refractivity contribution in [3.05, 3.63) is 79.2 Å². The molecule has 0 bridgehead atoms. The van der Waals surface area contributed by atoms with Gasteiger partial charge in [-0.25, -0.2) is 4.79 Å². The minimum absolute atomic E-state index is 0.00555. The third-order valence-electron chi connectivity index (χ3n) is 7.64. The SMILES string of the molecule is CCCCCCN(C(=O)c1cc2ccccc2oc1=O)[C@@H]1CC(C(=O)NCCO)=C[C@H](Oc2c(I)cc(C=O)cc2OC)[C@H]1O. The van der Waals surface area contributed by atoms with Gasteiger partial charge in [-0.3, -0.25) is 14.4 Å². The largest absolute Gasteiger partial charge is 0.493 e. The van der Waals surface area contributed by atoms with Crippen LogP contribution in [-0.4, -0.2) is 78.3 Å². The Balaban J connectivity index is 1.77. The Bertz CT molecular complexity index is 1620. The molecule has 2 amide bonds. The number of aldehydes is 1. The van der Waals surface area contributed by atoms with E-state index in [0.717, 1.165) is 19.3 Å². The number of nitrogens with zero attached hydrogens (tertiary/aromatic N) is 1. The normalized spacial score (nSPS) is 17.8. The molecule has 1 aliphatic carbocycles. The van der Waals surface area contributed by atoms with E-state index in [9.17, 15) is 29.4 Å². The Morgan fingerprint density at radius 1 is 1.18 bits per heavy atom. The molecule has 11 nitrogen and oxygen atoms in total. The fraction of sp³-hybridized carbons (Fsp3) is 0.394. The summed E-state index contributed by atoms with van der Waals surface area (Å²) in [6, 6.07) is 10.5. The molecule has 0 radical (unpaired) electrons. The third kappa shape index (κ3) is 8.10. The number of aliphatic hydroxyl groups excluding tert-OH is 2. The number of unbranched alkanes of at least 4 members (excludes halogenated alkanes) is 3. The van der Waals surface area contributed by atoms with E-state index in [0.29, 0.717) is 32.8 Å². The average molecular weight is 733 g/mol. The first-order valence-corrected chi connectivity index (χ1v) is 15.9. The van der Waals surface area contributed by atoms with E-state index in [4.69, 9.17) is 13.9 Å². The maximum absolute atomic E-state index is 14.2. The Morgan fingerprint density at radius 2 is 1.96 bits per heavy atom. The zero-order chi connectivity index (χ0) is 32.5. The molecule has 3 N–H and O–H groups in total. The van der Waals surface area contributed by atoms with Gasteiger partial charge in [0.05, 0.1) is 23.3 Å². The lowest BCUT2D eigenvalue weighted by Crippen LogP contribution is -2.55. The van der Waals surface area contributed by atoms with E-state index in [-0.39, 0.29) is 48.8 Å². The number of carbonyl (C=O) groups is 3. The summed E-state index contributed by atoms with van der Waals surface area (Å²) in [7, 11) is 1.42. The van der Waals surface area contributed by atoms with Crippen LogP contribution in [0.1, 0.15) is 59.7 Å². The monoisotopic (exact) mass is 732 g/mol. The second-order valence-electron chi connectivity index (χ2n) is 10.7. The molecule has 1 heterocycles. The lowest BCUT2D eigenvalue weighted by Gasteiger charge is -2.40. The first-order chi connectivity index (χ1) is 21.7. The number of halogens is 1. The van der Waals surface area contributed by atoms with Crippen LogP contribution in [-0.2, 0) is 4.79 Å². The van der Waals surface area contributed by atoms with Gasteiger partial charge in [0, 0.05) is 36.0 Å². The second-order valence-corrected chi connectivity index (χ2v) is 11.9. The molecule has 45 heavy (non-hydrogen) atoms. The fourth-order valence-electron chi connectivity index (χ4n) is 5.33. The van der Waals surface area contributed by atoms with Crippen molar-refractivity contribution in [2.24, 2.45) is 0 Å². The van der Waals surface area contributed by atoms with E-state index >= 15 is 0 Å². The van der Waals surface area contributed by atoms with Crippen LogP contribution < -0.4 is 20.4 Å². The summed E-state index contributed by atoms with van der Waals surface area (Å²) in [6.07, 6.45) is 2.99. The van der Waals surface area contributed by atoms with Crippen LogP contribution in [0.15, 0.2) is 63.3 Å². The molecule has 0 unspecified atom stereocenters. The number of nitrogens with one attached hydrogen (secondary N) is 1. The predicted molar refractivity (Wildman–Crippen MR) is 176 cm³/mol. The minimum atomic E-state index is -1.33. The number of para-hydroxylation sites is 1. The highest BCUT2D eigenvalue weighted by Crippen LogP contribution is 2.37. The summed E-state index contributed by atoms with van der Waals surface area (Å²) in [4.78, 5) is 53.2. The van der Waals surface area contributed by atoms with Gasteiger partial charge < -0.3 is 34.3 Å². The molecule has 3 aromatic rings. The summed E-state index contributed by atoms with van der Waals surface area (Å²) >= 11 is 1.99. The smallest absolute Gasteiger partial charge is 0.349 e. The van der Waals surface area contributed by atoms with E-state index in [1.807, 2.05) is 22.6 Å². The fourth-order valence-corrected chi connectivity index (χ4v) is 6.08. The summed E-state index contributed by atoms with van der Waals surface area (Å²) < 4.78 is 17.7. The standard InChI is InChI=1S/C33H37IN2O9/c1-3-4-5-8-12-36(32(41)23-16-21-9-6-7-10-26(21)45-33(23)42)25-17-22(31(40)35-11-13-37)18-27(29(25)39)44-30-24(34)14-20(19-38)15-28(30)43-2/h6-7,9-10,14-16,18-19,25,27,29,37,39H,3-5,8,11-13,17H2,1-2H3,(H,35,40)/t25-,27+,29+/m1/s1. The number of aliphatic hydroxyl groups is 2. The van der Waals surface area contributed by atoms with Crippen molar-refractivity contribution in [1.82, 2.24) is 10.2 Å². The number of hydrogen-bond donors (Lipinski definition) is 3. The lowest BCUT2D eigenvalue weighted by molar-refractivity contribution is -0.118. The highest BCUT2D eigenvalue weighted by Gasteiger charge is 2.41. The molecule has 2 aromatic carbocycles. The molecule has 12 heteroatoms. The topological polar surface area (TPSA) is 156 Å². The molecular formula is C33H37IN2O9. The number of carbonyl (C=O) groups excluding carboxylic acids is 3. The van der Waals surface area contributed by atoms with Crippen molar-refractivity contribution in [2.45, 2.75) is 57.3 Å². The molecule has 240 valence electrons. The van der Waals surface area contributed by atoms with Crippen molar-refractivity contribution in [3.63, 3.8) is 0 Å². The van der Waals surface area contributed by atoms with Crippen molar-refractivity contribution in [1.29, 1.82) is 0 Å². The summed E-state index contributed by atoms with van der Waals surface area (Å²) in [5, 5.41) is 24.3. The van der Waals surface area contributed by atoms with Gasteiger partial charge in [0.25, 0.3) is 5.91 Å². The Morgan fingerprint density at radius 3 is 2.67 bits per heavy atom. The molecule has 0 fully saturated rings. The van der Waals surface area contributed by atoms with E-state index in [2.05, 4.69) is 12.2 Å².